The van der Waals surface area contributed by atoms with Crippen molar-refractivity contribution < 1.29 is 14.4 Å². The average Bonchev–Trinajstić information content (AvgIpc) is 2.96. The minimum Gasteiger partial charge on any atom is -0.337 e. The molecule has 0 bridgehead atoms. The fourth-order valence-corrected chi connectivity index (χ4v) is 5.49. The van der Waals surface area contributed by atoms with Crippen LogP contribution in [-0.4, -0.2) is 70.5 Å². The number of hydrogen-bond donors (Lipinski definition) is 1. The second-order valence-electron chi connectivity index (χ2n) is 10.1. The van der Waals surface area contributed by atoms with Gasteiger partial charge in [-0.25, -0.2) is 14.8 Å². The minimum atomic E-state index is -0.773. The average molecular weight is 526 g/mol. The molecule has 39 heavy (non-hydrogen) atoms. The van der Waals surface area contributed by atoms with Crippen LogP contribution in [0.5, 0.6) is 0 Å². The van der Waals surface area contributed by atoms with Crippen molar-refractivity contribution in [1.29, 1.82) is 0 Å². The summed E-state index contributed by atoms with van der Waals surface area (Å²) >= 11 is 0. The number of fused-ring (bicyclic) bond motifs is 1. The number of hydrazine groups is 1. The van der Waals surface area contributed by atoms with Gasteiger partial charge in [-0.3, -0.25) is 9.59 Å². The predicted molar refractivity (Wildman–Crippen MR) is 149 cm³/mol. The Bertz CT molecular complexity index is 1270. The molecule has 8 nitrogen and oxygen atoms in total. The minimum absolute atomic E-state index is 0.0168. The highest BCUT2D eigenvalue weighted by Crippen LogP contribution is 2.34. The predicted octanol–water partition coefficient (Wildman–Crippen LogP) is 3.82. The number of rotatable bonds is 8. The van der Waals surface area contributed by atoms with Gasteiger partial charge in [0, 0.05) is 20.1 Å². The number of carbonyl (C=O) groups excluding carboxylic acids is 3. The van der Waals surface area contributed by atoms with Crippen LogP contribution in [0.25, 0.3) is 0 Å². The zero-order valence-electron chi connectivity index (χ0n) is 22.3. The van der Waals surface area contributed by atoms with Gasteiger partial charge in [-0.2, -0.15) is 0 Å². The maximum Gasteiger partial charge on any atom is 0.334 e. The molecule has 2 aliphatic heterocycles. The Kier molecular flexibility index (Phi) is 8.22. The summed E-state index contributed by atoms with van der Waals surface area (Å²) in [6.07, 6.45) is 2.11. The Balaban J connectivity index is 1.36. The van der Waals surface area contributed by atoms with E-state index in [4.69, 9.17) is 0 Å². The molecule has 4 amide bonds. The first-order valence-electron chi connectivity index (χ1n) is 13.5. The molecule has 0 saturated carbocycles. The SMILES string of the molecule is CN1CC(=O)N2C(CN(CCCCc3ccccc3)C(=O)[C@@H]2c2ccccc2)N1C(=O)NCc1ccccc1. The molecular weight excluding hydrogens is 490 g/mol. The molecule has 0 aromatic heterocycles. The molecule has 2 atom stereocenters. The molecule has 0 spiro atoms. The molecule has 2 heterocycles. The van der Waals surface area contributed by atoms with Crippen molar-refractivity contribution in [2.24, 2.45) is 0 Å². The third kappa shape index (κ3) is 5.96. The zero-order valence-corrected chi connectivity index (χ0v) is 22.3. The summed E-state index contributed by atoms with van der Waals surface area (Å²) in [7, 11) is 1.75. The lowest BCUT2D eigenvalue weighted by Gasteiger charge is -2.54. The maximum atomic E-state index is 13.9. The molecule has 0 aliphatic carbocycles. The summed E-state index contributed by atoms with van der Waals surface area (Å²) < 4.78 is 0. The molecule has 2 fully saturated rings. The largest absolute Gasteiger partial charge is 0.337 e. The van der Waals surface area contributed by atoms with Crippen molar-refractivity contribution in [3.63, 3.8) is 0 Å². The van der Waals surface area contributed by atoms with Gasteiger partial charge >= 0.3 is 6.03 Å². The topological polar surface area (TPSA) is 76.2 Å². The quantitative estimate of drug-likeness (QED) is 0.454. The Morgan fingerprint density at radius 1 is 0.846 bits per heavy atom. The number of carbonyl (C=O) groups is 3. The van der Waals surface area contributed by atoms with Gasteiger partial charge in [0.05, 0.1) is 13.1 Å². The van der Waals surface area contributed by atoms with Crippen LogP contribution in [0.2, 0.25) is 0 Å². The van der Waals surface area contributed by atoms with E-state index < -0.39 is 12.2 Å². The smallest absolute Gasteiger partial charge is 0.334 e. The number of amides is 4. The van der Waals surface area contributed by atoms with Gasteiger partial charge in [-0.15, -0.1) is 0 Å². The van der Waals surface area contributed by atoms with Crippen LogP contribution in [0.15, 0.2) is 91.0 Å². The van der Waals surface area contributed by atoms with Gasteiger partial charge in [-0.1, -0.05) is 91.0 Å². The monoisotopic (exact) mass is 525 g/mol. The van der Waals surface area contributed by atoms with E-state index >= 15 is 0 Å². The molecule has 1 N–H and O–H groups in total. The van der Waals surface area contributed by atoms with Crippen LogP contribution < -0.4 is 5.32 Å². The van der Waals surface area contributed by atoms with E-state index in [0.29, 0.717) is 13.1 Å². The Labute approximate surface area is 229 Å². The summed E-state index contributed by atoms with van der Waals surface area (Å²) in [5.74, 6) is -0.264. The first-order valence-corrected chi connectivity index (χ1v) is 13.5. The number of benzene rings is 3. The van der Waals surface area contributed by atoms with Crippen molar-refractivity contribution in [1.82, 2.24) is 25.1 Å². The lowest BCUT2D eigenvalue weighted by atomic mass is 9.98. The molecule has 0 radical (unpaired) electrons. The van der Waals surface area contributed by atoms with Gasteiger partial charge in [0.15, 0.2) is 0 Å². The van der Waals surface area contributed by atoms with Gasteiger partial charge < -0.3 is 15.1 Å². The van der Waals surface area contributed by atoms with Crippen molar-refractivity contribution in [3.8, 4) is 0 Å². The summed E-state index contributed by atoms with van der Waals surface area (Å²) in [4.78, 5) is 44.2. The van der Waals surface area contributed by atoms with Gasteiger partial charge in [-0.05, 0) is 36.0 Å². The standard InChI is InChI=1S/C31H35N5O3/c1-33-23-28(37)35-27(36(33)31(39)32-21-25-16-7-3-8-17-25)22-34(20-12-11-15-24-13-5-2-6-14-24)30(38)29(35)26-18-9-4-10-19-26/h2-10,13-14,16-19,27,29H,11-12,15,20-23H2,1H3,(H,32,39)/t27?,29-/m0/s1. The third-order valence-corrected chi connectivity index (χ3v) is 7.43. The van der Waals surface area contributed by atoms with E-state index in [2.05, 4.69) is 17.4 Å². The lowest BCUT2D eigenvalue weighted by molar-refractivity contribution is -0.187. The summed E-state index contributed by atoms with van der Waals surface area (Å²) in [6.45, 7) is 1.22. The van der Waals surface area contributed by atoms with E-state index in [1.807, 2.05) is 83.8 Å². The fraction of sp³-hybridized carbons (Fsp3) is 0.323. The number of hydrogen-bond acceptors (Lipinski definition) is 4. The molecule has 202 valence electrons. The van der Waals surface area contributed by atoms with Crippen molar-refractivity contribution in [2.75, 3.05) is 26.7 Å². The molecule has 8 heteroatoms. The van der Waals surface area contributed by atoms with Gasteiger partial charge in [0.1, 0.15) is 12.2 Å². The molecule has 5 rings (SSSR count). The number of nitrogens with one attached hydrogen (secondary N) is 1. The molecule has 3 aromatic carbocycles. The van der Waals surface area contributed by atoms with E-state index in [1.165, 1.54) is 5.56 Å². The van der Waals surface area contributed by atoms with Crippen LogP contribution in [0.3, 0.4) is 0 Å². The van der Waals surface area contributed by atoms with Crippen molar-refractivity contribution >= 4 is 17.8 Å². The normalized spacial score (nSPS) is 19.7. The number of aryl methyl sites for hydroxylation is 1. The second-order valence-corrected chi connectivity index (χ2v) is 10.1. The Hall–Kier alpha value is -4.17. The Morgan fingerprint density at radius 3 is 2.13 bits per heavy atom. The maximum absolute atomic E-state index is 13.9. The lowest BCUT2D eigenvalue weighted by Crippen LogP contribution is -2.73. The summed E-state index contributed by atoms with van der Waals surface area (Å²) in [6, 6.07) is 28.4. The highest BCUT2D eigenvalue weighted by molar-refractivity contribution is 5.92. The summed E-state index contributed by atoms with van der Waals surface area (Å²) in [5, 5.41) is 6.26. The molecule has 2 aliphatic rings. The van der Waals surface area contributed by atoms with Crippen LogP contribution in [0, 0.1) is 0 Å². The first kappa shape index (κ1) is 26.4. The van der Waals surface area contributed by atoms with E-state index in [-0.39, 0.29) is 30.9 Å². The third-order valence-electron chi connectivity index (χ3n) is 7.43. The van der Waals surface area contributed by atoms with E-state index in [9.17, 15) is 14.4 Å². The molecular formula is C31H35N5O3. The van der Waals surface area contributed by atoms with Crippen LogP contribution in [0.1, 0.15) is 35.6 Å². The van der Waals surface area contributed by atoms with E-state index in [0.717, 1.165) is 30.4 Å². The number of urea groups is 1. The number of likely N-dealkylation sites (N-methyl/N-ethyl adjacent to an activating group) is 1. The summed E-state index contributed by atoms with van der Waals surface area (Å²) in [5.41, 5.74) is 3.01. The molecule has 1 unspecified atom stereocenters. The van der Waals surface area contributed by atoms with Crippen LogP contribution >= 0.6 is 0 Å². The van der Waals surface area contributed by atoms with Gasteiger partial charge in [0.2, 0.25) is 11.8 Å². The van der Waals surface area contributed by atoms with E-state index in [1.54, 1.807) is 22.0 Å². The van der Waals surface area contributed by atoms with Crippen molar-refractivity contribution in [2.45, 2.75) is 38.0 Å². The zero-order chi connectivity index (χ0) is 27.2. The second kappa shape index (κ2) is 12.1. The number of nitrogens with zero attached hydrogens (tertiary/aromatic N) is 4. The van der Waals surface area contributed by atoms with Crippen LogP contribution in [-0.2, 0) is 22.6 Å². The van der Waals surface area contributed by atoms with Crippen LogP contribution in [0.4, 0.5) is 4.79 Å². The fourth-order valence-electron chi connectivity index (χ4n) is 5.49. The molecule has 3 aromatic rings. The molecule has 2 saturated heterocycles. The van der Waals surface area contributed by atoms with Gasteiger partial charge in [0.25, 0.3) is 0 Å². The Morgan fingerprint density at radius 2 is 1.46 bits per heavy atom. The highest BCUT2D eigenvalue weighted by atomic mass is 16.2. The highest BCUT2D eigenvalue weighted by Gasteiger charge is 2.51. The number of piperazine rings is 1. The van der Waals surface area contributed by atoms with Crippen molar-refractivity contribution in [3.05, 3.63) is 108 Å². The number of unbranched alkanes of at least 4 members (excludes halogenated alkanes) is 1. The first-order chi connectivity index (χ1) is 19.0.